The van der Waals surface area contributed by atoms with Gasteiger partial charge in [0.1, 0.15) is 5.75 Å². The Bertz CT molecular complexity index is 560. The molecule has 1 aliphatic carbocycles. The summed E-state index contributed by atoms with van der Waals surface area (Å²) in [6.07, 6.45) is 2.02. The Labute approximate surface area is 118 Å². The van der Waals surface area contributed by atoms with Crippen LogP contribution in [0.1, 0.15) is 23.6 Å². The number of amides is 2. The van der Waals surface area contributed by atoms with E-state index in [-0.39, 0.29) is 6.03 Å². The van der Waals surface area contributed by atoms with E-state index in [1.165, 1.54) is 5.56 Å². The van der Waals surface area contributed by atoms with Crippen LogP contribution >= 0.6 is 0 Å². The highest BCUT2D eigenvalue weighted by Crippen LogP contribution is 2.40. The minimum absolute atomic E-state index is 0.0825. The van der Waals surface area contributed by atoms with Gasteiger partial charge in [-0.3, -0.25) is 4.90 Å². The summed E-state index contributed by atoms with van der Waals surface area (Å²) < 4.78 is 0. The fourth-order valence-electron chi connectivity index (χ4n) is 3.90. The van der Waals surface area contributed by atoms with Gasteiger partial charge in [0.15, 0.2) is 0 Å². The number of rotatable bonds is 1. The highest BCUT2D eigenvalue weighted by Gasteiger charge is 2.39. The Kier molecular flexibility index (Phi) is 2.63. The van der Waals surface area contributed by atoms with E-state index >= 15 is 0 Å². The van der Waals surface area contributed by atoms with Crippen molar-refractivity contribution in [2.45, 2.75) is 24.9 Å². The van der Waals surface area contributed by atoms with Crippen molar-refractivity contribution in [2.75, 3.05) is 26.2 Å². The molecule has 2 aliphatic heterocycles. The summed E-state index contributed by atoms with van der Waals surface area (Å²) in [6.45, 7) is 3.41. The van der Waals surface area contributed by atoms with Crippen LogP contribution in [0.5, 0.6) is 5.75 Å². The lowest BCUT2D eigenvalue weighted by molar-refractivity contribution is 0.0881. The monoisotopic (exact) mass is 273 g/mol. The maximum Gasteiger partial charge on any atom is 0.317 e. The molecular formula is C15H19N3O2. The van der Waals surface area contributed by atoms with E-state index < -0.39 is 0 Å². The van der Waals surface area contributed by atoms with Crippen LogP contribution in [0.2, 0.25) is 0 Å². The van der Waals surface area contributed by atoms with E-state index in [0.29, 0.717) is 17.8 Å². The molecule has 1 aromatic rings. The van der Waals surface area contributed by atoms with Gasteiger partial charge in [0.25, 0.3) is 0 Å². The van der Waals surface area contributed by atoms with Crippen LogP contribution in [-0.2, 0) is 6.42 Å². The molecule has 5 heteroatoms. The van der Waals surface area contributed by atoms with Crippen LogP contribution in [0, 0.1) is 0 Å². The molecule has 2 heterocycles. The van der Waals surface area contributed by atoms with E-state index in [1.807, 2.05) is 11.0 Å². The Morgan fingerprint density at radius 2 is 2.20 bits per heavy atom. The SMILES string of the molecule is O=C1NCC2CN(C3CCc4c(O)cccc43)CCN12. The van der Waals surface area contributed by atoms with E-state index in [2.05, 4.69) is 16.3 Å². The topological polar surface area (TPSA) is 55.8 Å². The molecule has 0 radical (unpaired) electrons. The molecular weight excluding hydrogens is 254 g/mol. The highest BCUT2D eigenvalue weighted by molar-refractivity contribution is 5.77. The Hall–Kier alpha value is -1.75. The van der Waals surface area contributed by atoms with Gasteiger partial charge < -0.3 is 15.3 Å². The molecule has 2 atom stereocenters. The van der Waals surface area contributed by atoms with Crippen molar-refractivity contribution in [3.63, 3.8) is 0 Å². The zero-order chi connectivity index (χ0) is 13.7. The van der Waals surface area contributed by atoms with E-state index in [4.69, 9.17) is 0 Å². The third-order valence-corrected chi connectivity index (χ3v) is 4.92. The zero-order valence-electron chi connectivity index (χ0n) is 11.4. The fourth-order valence-corrected chi connectivity index (χ4v) is 3.90. The number of hydrogen-bond acceptors (Lipinski definition) is 3. The molecule has 4 rings (SSSR count). The molecule has 2 unspecified atom stereocenters. The lowest BCUT2D eigenvalue weighted by Crippen LogP contribution is -2.52. The van der Waals surface area contributed by atoms with E-state index in [1.54, 1.807) is 6.07 Å². The third kappa shape index (κ3) is 1.69. The van der Waals surface area contributed by atoms with Gasteiger partial charge in [-0.2, -0.15) is 0 Å². The van der Waals surface area contributed by atoms with Gasteiger partial charge in [0.2, 0.25) is 0 Å². The Morgan fingerprint density at radius 3 is 3.10 bits per heavy atom. The van der Waals surface area contributed by atoms with Crippen LogP contribution < -0.4 is 5.32 Å². The van der Waals surface area contributed by atoms with Gasteiger partial charge in [-0.15, -0.1) is 0 Å². The first kappa shape index (κ1) is 12.0. The van der Waals surface area contributed by atoms with Crippen LogP contribution in [-0.4, -0.2) is 53.2 Å². The predicted octanol–water partition coefficient (Wildman–Crippen LogP) is 1.09. The largest absolute Gasteiger partial charge is 0.508 e. The van der Waals surface area contributed by atoms with Crippen molar-refractivity contribution in [2.24, 2.45) is 0 Å². The second-order valence-corrected chi connectivity index (χ2v) is 5.93. The van der Waals surface area contributed by atoms with Gasteiger partial charge in [0, 0.05) is 32.2 Å². The van der Waals surface area contributed by atoms with Crippen molar-refractivity contribution >= 4 is 6.03 Å². The van der Waals surface area contributed by atoms with Crippen LogP contribution in [0.25, 0.3) is 0 Å². The normalized spacial score (nSPS) is 29.2. The molecule has 0 bridgehead atoms. The number of carbonyl (C=O) groups is 1. The molecule has 0 saturated carbocycles. The standard InChI is InChI=1S/C15H19N3O2/c19-14-3-1-2-11-12(14)4-5-13(11)17-6-7-18-10(9-17)8-16-15(18)20/h1-3,10,13,19H,4-9H2,(H,16,20). The van der Waals surface area contributed by atoms with Crippen LogP contribution in [0.3, 0.4) is 0 Å². The average Bonchev–Trinajstić information content (AvgIpc) is 3.04. The molecule has 0 aromatic heterocycles. The van der Waals surface area contributed by atoms with Crippen molar-refractivity contribution < 1.29 is 9.90 Å². The minimum atomic E-state index is 0.0825. The lowest BCUT2D eigenvalue weighted by atomic mass is 10.0. The quantitative estimate of drug-likeness (QED) is 0.805. The lowest BCUT2D eigenvalue weighted by Gasteiger charge is -2.40. The fraction of sp³-hybridized carbons (Fsp3) is 0.533. The van der Waals surface area contributed by atoms with Gasteiger partial charge in [-0.1, -0.05) is 12.1 Å². The summed E-state index contributed by atoms with van der Waals surface area (Å²) >= 11 is 0. The summed E-state index contributed by atoms with van der Waals surface area (Å²) in [4.78, 5) is 16.1. The first-order valence-corrected chi connectivity index (χ1v) is 7.33. The molecule has 5 nitrogen and oxygen atoms in total. The third-order valence-electron chi connectivity index (χ3n) is 4.92. The number of fused-ring (bicyclic) bond motifs is 2. The van der Waals surface area contributed by atoms with Gasteiger partial charge in [-0.25, -0.2) is 4.79 Å². The molecule has 106 valence electrons. The number of carbonyl (C=O) groups excluding carboxylic acids is 1. The number of piperazine rings is 1. The Balaban J connectivity index is 1.56. The number of benzene rings is 1. The number of nitrogens with one attached hydrogen (secondary N) is 1. The number of urea groups is 1. The second kappa shape index (κ2) is 4.38. The van der Waals surface area contributed by atoms with Crippen molar-refractivity contribution in [1.29, 1.82) is 0 Å². The van der Waals surface area contributed by atoms with Crippen molar-refractivity contribution in [1.82, 2.24) is 15.1 Å². The maximum atomic E-state index is 11.6. The van der Waals surface area contributed by atoms with Crippen LogP contribution in [0.4, 0.5) is 4.79 Å². The summed E-state index contributed by atoms with van der Waals surface area (Å²) in [6, 6.07) is 6.63. The first-order valence-electron chi connectivity index (χ1n) is 7.33. The van der Waals surface area contributed by atoms with Crippen LogP contribution in [0.15, 0.2) is 18.2 Å². The predicted molar refractivity (Wildman–Crippen MR) is 74.6 cm³/mol. The second-order valence-electron chi connectivity index (χ2n) is 5.93. The molecule has 20 heavy (non-hydrogen) atoms. The Morgan fingerprint density at radius 1 is 1.30 bits per heavy atom. The maximum absolute atomic E-state index is 11.6. The van der Waals surface area contributed by atoms with Gasteiger partial charge in [0.05, 0.1) is 6.04 Å². The molecule has 2 amide bonds. The first-order chi connectivity index (χ1) is 9.74. The number of aromatic hydroxyl groups is 1. The number of hydrogen-bond donors (Lipinski definition) is 2. The van der Waals surface area contributed by atoms with Gasteiger partial charge >= 0.3 is 6.03 Å². The van der Waals surface area contributed by atoms with Gasteiger partial charge in [-0.05, 0) is 30.0 Å². The number of phenolic OH excluding ortho intramolecular Hbond substituents is 1. The van der Waals surface area contributed by atoms with Crippen molar-refractivity contribution in [3.05, 3.63) is 29.3 Å². The summed E-state index contributed by atoms with van der Waals surface area (Å²) in [5, 5.41) is 12.9. The zero-order valence-corrected chi connectivity index (χ0v) is 11.4. The molecule has 2 N–H and O–H groups in total. The molecule has 0 spiro atoms. The number of phenols is 1. The van der Waals surface area contributed by atoms with E-state index in [0.717, 1.165) is 44.6 Å². The summed E-state index contributed by atoms with van der Waals surface area (Å²) in [5.41, 5.74) is 2.39. The smallest absolute Gasteiger partial charge is 0.317 e. The highest BCUT2D eigenvalue weighted by atomic mass is 16.3. The molecule has 3 aliphatic rings. The van der Waals surface area contributed by atoms with E-state index in [9.17, 15) is 9.90 Å². The molecule has 1 aromatic carbocycles. The summed E-state index contributed by atoms with van der Waals surface area (Å²) in [5.74, 6) is 0.432. The summed E-state index contributed by atoms with van der Waals surface area (Å²) in [7, 11) is 0. The number of nitrogens with zero attached hydrogens (tertiary/aromatic N) is 2. The average molecular weight is 273 g/mol. The molecule has 2 fully saturated rings. The van der Waals surface area contributed by atoms with Crippen molar-refractivity contribution in [3.8, 4) is 5.75 Å². The molecule has 2 saturated heterocycles. The minimum Gasteiger partial charge on any atom is -0.508 e.